The van der Waals surface area contributed by atoms with Crippen molar-refractivity contribution in [2.75, 3.05) is 19.6 Å². The zero-order chi connectivity index (χ0) is 16.0. The largest absolute Gasteiger partial charge is 0.481 e. The van der Waals surface area contributed by atoms with E-state index in [2.05, 4.69) is 10.6 Å². The molecule has 1 heterocycles. The molecule has 0 spiro atoms. The highest BCUT2D eigenvalue weighted by molar-refractivity contribution is 6.04. The van der Waals surface area contributed by atoms with Crippen molar-refractivity contribution in [1.29, 1.82) is 0 Å². The standard InChI is InChI=1S/C13H21N3O5/c1-13(2,4-3-11(19)20)5-6-14-9(17)8-16-10(18)7-15-12(16)21/h3-8H2,1-2H3,(H,14,17)(H,15,21)(H,19,20). The molecule has 1 aliphatic heterocycles. The summed E-state index contributed by atoms with van der Waals surface area (Å²) in [5, 5.41) is 13.6. The van der Waals surface area contributed by atoms with E-state index in [0.29, 0.717) is 19.4 Å². The second kappa shape index (κ2) is 7.05. The number of aliphatic carboxylic acids is 1. The summed E-state index contributed by atoms with van der Waals surface area (Å²) in [6, 6.07) is -0.558. The Bertz CT molecular complexity index is 431. The summed E-state index contributed by atoms with van der Waals surface area (Å²) in [6.45, 7) is 3.86. The molecule has 0 saturated carbocycles. The number of nitrogens with zero attached hydrogens (tertiary/aromatic N) is 1. The maximum atomic E-state index is 11.7. The third-order valence-corrected chi connectivity index (χ3v) is 3.38. The van der Waals surface area contributed by atoms with Gasteiger partial charge in [-0.15, -0.1) is 0 Å². The number of urea groups is 1. The van der Waals surface area contributed by atoms with Gasteiger partial charge in [-0.2, -0.15) is 0 Å². The molecule has 0 radical (unpaired) electrons. The second-order valence-electron chi connectivity index (χ2n) is 5.80. The summed E-state index contributed by atoms with van der Waals surface area (Å²) in [4.78, 5) is 45.6. The Morgan fingerprint density at radius 2 is 2.00 bits per heavy atom. The van der Waals surface area contributed by atoms with Gasteiger partial charge in [0.15, 0.2) is 0 Å². The monoisotopic (exact) mass is 299 g/mol. The van der Waals surface area contributed by atoms with Gasteiger partial charge in [-0.1, -0.05) is 13.8 Å². The van der Waals surface area contributed by atoms with Crippen LogP contribution < -0.4 is 10.6 Å². The van der Waals surface area contributed by atoms with Gasteiger partial charge in [0.25, 0.3) is 5.91 Å². The van der Waals surface area contributed by atoms with Crippen LogP contribution in [0.4, 0.5) is 4.79 Å². The summed E-state index contributed by atoms with van der Waals surface area (Å²) in [5.74, 6) is -1.67. The van der Waals surface area contributed by atoms with Crippen LogP contribution in [0.5, 0.6) is 0 Å². The highest BCUT2D eigenvalue weighted by Crippen LogP contribution is 2.25. The molecule has 0 aromatic heterocycles. The molecule has 3 N–H and O–H groups in total. The number of amides is 4. The van der Waals surface area contributed by atoms with Crippen LogP contribution in [0.25, 0.3) is 0 Å². The van der Waals surface area contributed by atoms with Crippen LogP contribution in [0.2, 0.25) is 0 Å². The molecule has 0 atom stereocenters. The first-order chi connectivity index (χ1) is 9.71. The van der Waals surface area contributed by atoms with Gasteiger partial charge in [0.2, 0.25) is 5.91 Å². The van der Waals surface area contributed by atoms with E-state index in [1.54, 1.807) is 0 Å². The molecule has 1 aliphatic rings. The Labute approximate surface area is 122 Å². The molecule has 0 aromatic carbocycles. The van der Waals surface area contributed by atoms with E-state index in [9.17, 15) is 19.2 Å². The van der Waals surface area contributed by atoms with Gasteiger partial charge in [0, 0.05) is 13.0 Å². The molecule has 118 valence electrons. The molecule has 0 unspecified atom stereocenters. The van der Waals surface area contributed by atoms with Crippen molar-refractivity contribution in [3.63, 3.8) is 0 Å². The normalized spacial score (nSPS) is 15.0. The van der Waals surface area contributed by atoms with Crippen LogP contribution >= 0.6 is 0 Å². The van der Waals surface area contributed by atoms with Gasteiger partial charge < -0.3 is 15.7 Å². The Morgan fingerprint density at radius 1 is 1.33 bits per heavy atom. The fraction of sp³-hybridized carbons (Fsp3) is 0.692. The van der Waals surface area contributed by atoms with Gasteiger partial charge in [0.1, 0.15) is 6.54 Å². The Kier molecular flexibility index (Phi) is 5.69. The summed E-state index contributed by atoms with van der Waals surface area (Å²) in [6.07, 6.45) is 1.22. The zero-order valence-electron chi connectivity index (χ0n) is 12.3. The average Bonchev–Trinajstić information content (AvgIpc) is 2.68. The first-order valence-electron chi connectivity index (χ1n) is 6.78. The van der Waals surface area contributed by atoms with Crippen molar-refractivity contribution in [3.05, 3.63) is 0 Å². The summed E-state index contributed by atoms with van der Waals surface area (Å²) in [7, 11) is 0. The summed E-state index contributed by atoms with van der Waals surface area (Å²) >= 11 is 0. The molecule has 1 fully saturated rings. The molecule has 8 nitrogen and oxygen atoms in total. The number of carbonyl (C=O) groups excluding carboxylic acids is 3. The number of carbonyl (C=O) groups is 4. The van der Waals surface area contributed by atoms with Crippen LogP contribution in [0.15, 0.2) is 0 Å². The Balaban J connectivity index is 2.28. The molecule has 8 heteroatoms. The van der Waals surface area contributed by atoms with Crippen molar-refractivity contribution in [2.45, 2.75) is 33.1 Å². The maximum Gasteiger partial charge on any atom is 0.325 e. The van der Waals surface area contributed by atoms with Crippen LogP contribution in [0.1, 0.15) is 33.1 Å². The van der Waals surface area contributed by atoms with Crippen LogP contribution in [0, 0.1) is 5.41 Å². The number of hydrogen-bond acceptors (Lipinski definition) is 4. The fourth-order valence-corrected chi connectivity index (χ4v) is 1.93. The van der Waals surface area contributed by atoms with Crippen LogP contribution in [-0.4, -0.2) is 53.5 Å². The Hall–Kier alpha value is -2.12. The smallest absolute Gasteiger partial charge is 0.325 e. The fourth-order valence-electron chi connectivity index (χ4n) is 1.93. The zero-order valence-corrected chi connectivity index (χ0v) is 12.3. The van der Waals surface area contributed by atoms with Gasteiger partial charge in [-0.05, 0) is 18.3 Å². The summed E-state index contributed by atoms with van der Waals surface area (Å²) in [5.41, 5.74) is -0.202. The van der Waals surface area contributed by atoms with Gasteiger partial charge in [-0.25, -0.2) is 4.79 Å². The molecule has 21 heavy (non-hydrogen) atoms. The van der Waals surface area contributed by atoms with E-state index < -0.39 is 23.8 Å². The number of hydrogen-bond donors (Lipinski definition) is 3. The first-order valence-corrected chi connectivity index (χ1v) is 6.78. The molecule has 4 amide bonds. The van der Waals surface area contributed by atoms with Crippen molar-refractivity contribution in [2.24, 2.45) is 5.41 Å². The number of nitrogens with one attached hydrogen (secondary N) is 2. The van der Waals surface area contributed by atoms with E-state index in [-0.39, 0.29) is 24.9 Å². The SMILES string of the molecule is CC(C)(CCNC(=O)CN1C(=O)CNC1=O)CCC(=O)O. The number of imide groups is 1. The highest BCUT2D eigenvalue weighted by Gasteiger charge is 2.30. The average molecular weight is 299 g/mol. The van der Waals surface area contributed by atoms with E-state index >= 15 is 0 Å². The minimum absolute atomic E-state index is 0.0751. The second-order valence-corrected chi connectivity index (χ2v) is 5.80. The van der Waals surface area contributed by atoms with Gasteiger partial charge >= 0.3 is 12.0 Å². The third kappa shape index (κ3) is 5.80. The number of carboxylic acid groups (broad SMARTS) is 1. The molecule has 1 saturated heterocycles. The van der Waals surface area contributed by atoms with E-state index in [1.165, 1.54) is 0 Å². The van der Waals surface area contributed by atoms with Crippen LogP contribution in [0.3, 0.4) is 0 Å². The maximum absolute atomic E-state index is 11.7. The molecule has 0 aromatic rings. The van der Waals surface area contributed by atoms with Crippen LogP contribution in [-0.2, 0) is 14.4 Å². The van der Waals surface area contributed by atoms with Crippen molar-refractivity contribution in [3.8, 4) is 0 Å². The Morgan fingerprint density at radius 3 is 2.52 bits per heavy atom. The third-order valence-electron chi connectivity index (χ3n) is 3.38. The highest BCUT2D eigenvalue weighted by atomic mass is 16.4. The number of rotatable bonds is 8. The lowest BCUT2D eigenvalue weighted by Gasteiger charge is -2.24. The predicted octanol–water partition coefficient (Wildman–Crippen LogP) is -0.0645. The van der Waals surface area contributed by atoms with Gasteiger partial charge in [0.05, 0.1) is 6.54 Å². The molecular weight excluding hydrogens is 278 g/mol. The van der Waals surface area contributed by atoms with Crippen molar-refractivity contribution in [1.82, 2.24) is 15.5 Å². The molecule has 0 bridgehead atoms. The van der Waals surface area contributed by atoms with Gasteiger partial charge in [-0.3, -0.25) is 19.3 Å². The van der Waals surface area contributed by atoms with Crippen molar-refractivity contribution >= 4 is 23.8 Å². The lowest BCUT2D eigenvalue weighted by atomic mass is 9.84. The molecular formula is C13H21N3O5. The lowest BCUT2D eigenvalue weighted by Crippen LogP contribution is -2.41. The topological polar surface area (TPSA) is 116 Å². The number of carboxylic acids is 1. The van der Waals surface area contributed by atoms with E-state index in [1.807, 2.05) is 13.8 Å². The molecule has 0 aliphatic carbocycles. The van der Waals surface area contributed by atoms with Crippen molar-refractivity contribution < 1.29 is 24.3 Å². The minimum Gasteiger partial charge on any atom is -0.481 e. The minimum atomic E-state index is -0.842. The quantitative estimate of drug-likeness (QED) is 0.543. The lowest BCUT2D eigenvalue weighted by molar-refractivity contribution is -0.137. The predicted molar refractivity (Wildman–Crippen MR) is 73.4 cm³/mol. The van der Waals surface area contributed by atoms with E-state index in [4.69, 9.17) is 5.11 Å². The first kappa shape index (κ1) is 16.9. The van der Waals surface area contributed by atoms with E-state index in [0.717, 1.165) is 4.90 Å². The summed E-state index contributed by atoms with van der Waals surface area (Å²) < 4.78 is 0. The molecule has 1 rings (SSSR count).